The van der Waals surface area contributed by atoms with Gasteiger partial charge in [0.1, 0.15) is 6.23 Å². The summed E-state index contributed by atoms with van der Waals surface area (Å²) < 4.78 is 5.43. The van der Waals surface area contributed by atoms with Crippen molar-refractivity contribution in [3.63, 3.8) is 0 Å². The topological polar surface area (TPSA) is 29.5 Å². The Bertz CT molecular complexity index is 253. The Kier molecular flexibility index (Phi) is 3.71. The first-order valence-electron chi connectivity index (χ1n) is 5.30. The maximum atomic E-state index is 11.7. The summed E-state index contributed by atoms with van der Waals surface area (Å²) in [6, 6.07) is 0. The minimum absolute atomic E-state index is 0.0324. The molecule has 1 aliphatic heterocycles. The number of carbonyl (C=O) groups excluding carboxylic acids is 1. The van der Waals surface area contributed by atoms with Crippen molar-refractivity contribution >= 4 is 17.7 Å². The van der Waals surface area contributed by atoms with Crippen LogP contribution in [-0.4, -0.2) is 34.3 Å². The first kappa shape index (κ1) is 12.8. The van der Waals surface area contributed by atoms with Gasteiger partial charge in [0.05, 0.1) is 10.1 Å². The van der Waals surface area contributed by atoms with E-state index in [2.05, 4.69) is 27.7 Å². The summed E-state index contributed by atoms with van der Waals surface area (Å²) in [4.78, 5) is 13.5. The highest BCUT2D eigenvalue weighted by Crippen LogP contribution is 2.46. The van der Waals surface area contributed by atoms with Crippen LogP contribution < -0.4 is 0 Å². The molecule has 0 radical (unpaired) electrons. The molecule has 1 aliphatic rings. The number of amides is 1. The lowest BCUT2D eigenvalue weighted by Crippen LogP contribution is -2.47. The number of hydrogen-bond acceptors (Lipinski definition) is 3. The lowest BCUT2D eigenvalue weighted by Gasteiger charge is -2.31. The van der Waals surface area contributed by atoms with Crippen molar-refractivity contribution in [3.8, 4) is 0 Å². The third-order valence-electron chi connectivity index (χ3n) is 2.70. The van der Waals surface area contributed by atoms with Gasteiger partial charge in [0.2, 0.25) is 5.91 Å². The monoisotopic (exact) mass is 231 g/mol. The molecule has 88 valence electrons. The van der Waals surface area contributed by atoms with Crippen molar-refractivity contribution in [2.24, 2.45) is 5.92 Å². The fraction of sp³-hybridized carbons (Fsp3) is 0.909. The molecular formula is C11H21NO2S. The zero-order valence-electron chi connectivity index (χ0n) is 10.4. The largest absolute Gasteiger partial charge is 0.360 e. The minimum Gasteiger partial charge on any atom is -0.360 e. The molecule has 0 aliphatic carbocycles. The van der Waals surface area contributed by atoms with Gasteiger partial charge in [-0.2, -0.15) is 0 Å². The second-order valence-electron chi connectivity index (χ2n) is 4.87. The van der Waals surface area contributed by atoms with Crippen molar-refractivity contribution in [1.29, 1.82) is 0 Å². The van der Waals surface area contributed by atoms with Gasteiger partial charge in [-0.1, -0.05) is 13.8 Å². The number of rotatable bonds is 2. The van der Waals surface area contributed by atoms with Crippen LogP contribution >= 0.6 is 11.8 Å². The normalized spacial score (nSPS) is 29.9. The van der Waals surface area contributed by atoms with Crippen LogP contribution in [0.2, 0.25) is 0 Å². The number of ether oxygens (including phenoxy) is 1. The van der Waals surface area contributed by atoms with E-state index in [1.807, 2.05) is 16.7 Å². The molecule has 3 nitrogen and oxygen atoms in total. The van der Waals surface area contributed by atoms with E-state index in [-0.39, 0.29) is 22.3 Å². The van der Waals surface area contributed by atoms with E-state index in [4.69, 9.17) is 4.74 Å². The van der Waals surface area contributed by atoms with Gasteiger partial charge < -0.3 is 9.64 Å². The van der Waals surface area contributed by atoms with E-state index in [1.165, 1.54) is 0 Å². The quantitative estimate of drug-likeness (QED) is 0.730. The lowest BCUT2D eigenvalue weighted by molar-refractivity contribution is -0.144. The van der Waals surface area contributed by atoms with E-state index in [1.54, 1.807) is 14.0 Å². The Morgan fingerprint density at radius 3 is 2.33 bits per heavy atom. The second-order valence-corrected chi connectivity index (χ2v) is 6.64. The molecule has 0 N–H and O–H groups in total. The van der Waals surface area contributed by atoms with Crippen molar-refractivity contribution in [2.75, 3.05) is 7.11 Å². The van der Waals surface area contributed by atoms with Crippen molar-refractivity contribution in [2.45, 2.75) is 51.0 Å². The molecule has 0 aromatic carbocycles. The average molecular weight is 231 g/mol. The predicted octanol–water partition coefficient (Wildman–Crippen LogP) is 2.31. The predicted molar refractivity (Wildman–Crippen MR) is 63.6 cm³/mol. The minimum atomic E-state index is -0.118. The number of nitrogens with zero attached hydrogens (tertiary/aromatic N) is 1. The zero-order valence-corrected chi connectivity index (χ0v) is 11.2. The van der Waals surface area contributed by atoms with E-state index in [0.29, 0.717) is 5.92 Å². The molecule has 0 bridgehead atoms. The van der Waals surface area contributed by atoms with E-state index in [0.717, 1.165) is 0 Å². The maximum Gasteiger partial charge on any atom is 0.222 e. The fourth-order valence-electron chi connectivity index (χ4n) is 2.09. The van der Waals surface area contributed by atoms with Gasteiger partial charge in [-0.15, -0.1) is 11.8 Å². The number of hydrogen-bond donors (Lipinski definition) is 0. The Labute approximate surface area is 96.5 Å². The van der Waals surface area contributed by atoms with Crippen molar-refractivity contribution in [3.05, 3.63) is 0 Å². The molecule has 2 unspecified atom stereocenters. The van der Waals surface area contributed by atoms with Gasteiger partial charge in [0, 0.05) is 14.0 Å². The van der Waals surface area contributed by atoms with Gasteiger partial charge in [-0.25, -0.2) is 0 Å². The summed E-state index contributed by atoms with van der Waals surface area (Å²) in [5.41, 5.74) is 0. The van der Waals surface area contributed by atoms with Crippen LogP contribution in [0.4, 0.5) is 0 Å². The van der Waals surface area contributed by atoms with Gasteiger partial charge >= 0.3 is 0 Å². The molecule has 0 saturated carbocycles. The number of thioether (sulfide) groups is 1. The molecule has 1 rings (SSSR count). The summed E-state index contributed by atoms with van der Waals surface area (Å²) in [7, 11) is 1.67. The molecule has 4 heteroatoms. The maximum absolute atomic E-state index is 11.7. The van der Waals surface area contributed by atoms with Crippen molar-refractivity contribution < 1.29 is 9.53 Å². The third-order valence-corrected chi connectivity index (χ3v) is 4.53. The lowest BCUT2D eigenvalue weighted by atomic mass is 10.1. The molecule has 15 heavy (non-hydrogen) atoms. The summed E-state index contributed by atoms with van der Waals surface area (Å²) in [5, 5.41) is 0.224. The summed E-state index contributed by atoms with van der Waals surface area (Å²) in [6.45, 7) is 10.2. The smallest absolute Gasteiger partial charge is 0.222 e. The summed E-state index contributed by atoms with van der Waals surface area (Å²) in [6.07, 6.45) is -0.118. The molecule has 0 spiro atoms. The van der Waals surface area contributed by atoms with Gasteiger partial charge in [-0.3, -0.25) is 4.79 Å². The van der Waals surface area contributed by atoms with Crippen LogP contribution in [0.25, 0.3) is 0 Å². The van der Waals surface area contributed by atoms with Gasteiger partial charge in [0.15, 0.2) is 0 Å². The zero-order chi connectivity index (χ0) is 11.8. The molecule has 1 saturated heterocycles. The molecule has 1 fully saturated rings. The molecule has 0 aromatic rings. The van der Waals surface area contributed by atoms with E-state index < -0.39 is 0 Å². The highest BCUT2D eigenvalue weighted by Gasteiger charge is 2.49. The van der Waals surface area contributed by atoms with Crippen LogP contribution in [0.3, 0.4) is 0 Å². The molecule has 2 atom stereocenters. The Morgan fingerprint density at radius 2 is 2.00 bits per heavy atom. The van der Waals surface area contributed by atoms with Crippen LogP contribution in [-0.2, 0) is 9.53 Å². The third kappa shape index (κ3) is 2.31. The summed E-state index contributed by atoms with van der Waals surface area (Å²) in [5.74, 6) is 0.539. The van der Waals surface area contributed by atoms with E-state index >= 15 is 0 Å². The average Bonchev–Trinajstić information content (AvgIpc) is 2.36. The molecular weight excluding hydrogens is 210 g/mol. The highest BCUT2D eigenvalue weighted by molar-refractivity contribution is 8.01. The van der Waals surface area contributed by atoms with Crippen LogP contribution in [0.1, 0.15) is 34.6 Å². The second kappa shape index (κ2) is 4.34. The SMILES string of the molecule is COC1N(C(C)=O)C(C(C)C)SC1(C)C. The number of carbonyl (C=O) groups is 1. The van der Waals surface area contributed by atoms with Crippen LogP contribution in [0.15, 0.2) is 0 Å². The van der Waals surface area contributed by atoms with Crippen LogP contribution in [0, 0.1) is 5.92 Å². The van der Waals surface area contributed by atoms with E-state index in [9.17, 15) is 4.79 Å². The molecule has 1 heterocycles. The van der Waals surface area contributed by atoms with Crippen LogP contribution in [0.5, 0.6) is 0 Å². The Morgan fingerprint density at radius 1 is 1.47 bits per heavy atom. The van der Waals surface area contributed by atoms with Gasteiger partial charge in [0.25, 0.3) is 0 Å². The fourth-order valence-corrected chi connectivity index (χ4v) is 3.69. The molecule has 1 amide bonds. The Hall–Kier alpha value is -0.220. The standard InChI is InChI=1S/C11H21NO2S/c1-7(2)9-12(8(3)13)10(14-6)11(4,5)15-9/h7,9-10H,1-6H3. The first-order chi connectivity index (χ1) is 6.81. The van der Waals surface area contributed by atoms with Gasteiger partial charge in [-0.05, 0) is 19.8 Å². The molecule has 0 aromatic heterocycles. The summed E-state index contributed by atoms with van der Waals surface area (Å²) >= 11 is 1.83. The first-order valence-corrected chi connectivity index (χ1v) is 6.18. The number of methoxy groups -OCH3 is 1. The Balaban J connectivity index is 2.99. The highest BCUT2D eigenvalue weighted by atomic mass is 32.2. The van der Waals surface area contributed by atoms with Crippen molar-refractivity contribution in [1.82, 2.24) is 4.90 Å².